The SMILES string of the molecule is CN1CC(=O)N(CCCC(=O)N(Cc2ccc(N(C)C)cc2)CC2CCCO2)C1=O. The van der Waals surface area contributed by atoms with E-state index in [4.69, 9.17) is 4.74 Å². The molecule has 4 amide bonds. The zero-order valence-electron chi connectivity index (χ0n) is 18.2. The lowest BCUT2D eigenvalue weighted by Gasteiger charge is -2.26. The van der Waals surface area contributed by atoms with Crippen LogP contribution in [0.3, 0.4) is 0 Å². The highest BCUT2D eigenvalue weighted by molar-refractivity contribution is 6.01. The molecule has 0 saturated carbocycles. The van der Waals surface area contributed by atoms with E-state index in [0.29, 0.717) is 25.9 Å². The van der Waals surface area contributed by atoms with E-state index in [1.807, 2.05) is 48.2 Å². The third-order valence-corrected chi connectivity index (χ3v) is 5.63. The zero-order valence-corrected chi connectivity index (χ0v) is 18.2. The maximum atomic E-state index is 13.0. The number of rotatable bonds is 9. The summed E-state index contributed by atoms with van der Waals surface area (Å²) in [5, 5.41) is 0. The molecule has 1 aromatic carbocycles. The zero-order chi connectivity index (χ0) is 21.7. The van der Waals surface area contributed by atoms with E-state index < -0.39 is 0 Å². The van der Waals surface area contributed by atoms with Gasteiger partial charge >= 0.3 is 6.03 Å². The van der Waals surface area contributed by atoms with Crippen LogP contribution in [0.5, 0.6) is 0 Å². The van der Waals surface area contributed by atoms with Gasteiger partial charge in [-0.05, 0) is 37.0 Å². The van der Waals surface area contributed by atoms with Crippen molar-refractivity contribution in [3.05, 3.63) is 29.8 Å². The van der Waals surface area contributed by atoms with Gasteiger partial charge in [0.05, 0.1) is 6.10 Å². The summed E-state index contributed by atoms with van der Waals surface area (Å²) in [5.74, 6) is -0.179. The Hall–Kier alpha value is -2.61. The summed E-state index contributed by atoms with van der Waals surface area (Å²) in [6.45, 7) is 2.23. The average Bonchev–Trinajstić information content (AvgIpc) is 3.31. The molecule has 30 heavy (non-hydrogen) atoms. The Morgan fingerprint density at radius 1 is 1.20 bits per heavy atom. The van der Waals surface area contributed by atoms with Crippen LogP contribution in [0.2, 0.25) is 0 Å². The predicted octanol–water partition coefficient (Wildman–Crippen LogP) is 1.93. The fourth-order valence-corrected chi connectivity index (χ4v) is 3.84. The fraction of sp³-hybridized carbons (Fsp3) is 0.591. The summed E-state index contributed by atoms with van der Waals surface area (Å²) < 4.78 is 5.74. The second kappa shape index (κ2) is 9.93. The first-order valence-corrected chi connectivity index (χ1v) is 10.6. The Labute approximate surface area is 178 Å². The van der Waals surface area contributed by atoms with Crippen LogP contribution in [-0.2, 0) is 20.9 Å². The van der Waals surface area contributed by atoms with E-state index in [1.165, 1.54) is 9.80 Å². The molecule has 1 atom stereocenters. The number of hydrogen-bond acceptors (Lipinski definition) is 5. The number of anilines is 1. The first-order valence-electron chi connectivity index (χ1n) is 10.6. The normalized spacial score (nSPS) is 19.0. The number of amides is 4. The van der Waals surface area contributed by atoms with E-state index in [1.54, 1.807) is 7.05 Å². The van der Waals surface area contributed by atoms with Gasteiger partial charge in [0.15, 0.2) is 0 Å². The lowest BCUT2D eigenvalue weighted by molar-refractivity contribution is -0.134. The molecule has 1 unspecified atom stereocenters. The maximum Gasteiger partial charge on any atom is 0.326 e. The van der Waals surface area contributed by atoms with Crippen LogP contribution < -0.4 is 4.90 Å². The monoisotopic (exact) mass is 416 g/mol. The highest BCUT2D eigenvalue weighted by atomic mass is 16.5. The Kier molecular flexibility index (Phi) is 7.31. The Balaban J connectivity index is 1.58. The van der Waals surface area contributed by atoms with E-state index >= 15 is 0 Å². The summed E-state index contributed by atoms with van der Waals surface area (Å²) in [6, 6.07) is 7.89. The van der Waals surface area contributed by atoms with Crippen molar-refractivity contribution in [2.24, 2.45) is 0 Å². The second-order valence-corrected chi connectivity index (χ2v) is 8.26. The molecule has 2 fully saturated rings. The largest absolute Gasteiger partial charge is 0.378 e. The smallest absolute Gasteiger partial charge is 0.326 e. The molecule has 2 heterocycles. The topological polar surface area (TPSA) is 73.4 Å². The number of ether oxygens (including phenoxy) is 1. The highest BCUT2D eigenvalue weighted by Gasteiger charge is 2.33. The van der Waals surface area contributed by atoms with Gasteiger partial charge in [-0.1, -0.05) is 12.1 Å². The molecule has 2 aliphatic rings. The molecule has 0 aliphatic carbocycles. The van der Waals surface area contributed by atoms with Gasteiger partial charge in [0.2, 0.25) is 11.8 Å². The molecule has 2 aliphatic heterocycles. The number of likely N-dealkylation sites (N-methyl/N-ethyl adjacent to an activating group) is 1. The van der Waals surface area contributed by atoms with Crippen LogP contribution in [0.15, 0.2) is 24.3 Å². The number of urea groups is 1. The van der Waals surface area contributed by atoms with Gasteiger partial charge in [-0.3, -0.25) is 14.5 Å². The lowest BCUT2D eigenvalue weighted by atomic mass is 10.1. The van der Waals surface area contributed by atoms with Crippen LogP contribution in [-0.4, -0.2) is 86.0 Å². The minimum Gasteiger partial charge on any atom is -0.378 e. The summed E-state index contributed by atoms with van der Waals surface area (Å²) in [5.41, 5.74) is 2.18. The molecule has 0 N–H and O–H groups in total. The molecule has 8 nitrogen and oxygen atoms in total. The first-order chi connectivity index (χ1) is 14.3. The number of hydrogen-bond donors (Lipinski definition) is 0. The number of benzene rings is 1. The Morgan fingerprint density at radius 3 is 2.50 bits per heavy atom. The summed E-state index contributed by atoms with van der Waals surface area (Å²) >= 11 is 0. The van der Waals surface area contributed by atoms with Gasteiger partial charge < -0.3 is 19.4 Å². The molecule has 0 aromatic heterocycles. The van der Waals surface area contributed by atoms with Crippen molar-refractivity contribution in [1.82, 2.24) is 14.7 Å². The number of carbonyl (C=O) groups excluding carboxylic acids is 3. The third-order valence-electron chi connectivity index (χ3n) is 5.63. The van der Waals surface area contributed by atoms with Gasteiger partial charge in [0.25, 0.3) is 0 Å². The van der Waals surface area contributed by atoms with Crippen molar-refractivity contribution in [2.75, 3.05) is 52.3 Å². The second-order valence-electron chi connectivity index (χ2n) is 8.26. The van der Waals surface area contributed by atoms with Crippen LogP contribution >= 0.6 is 0 Å². The highest BCUT2D eigenvalue weighted by Crippen LogP contribution is 2.18. The van der Waals surface area contributed by atoms with E-state index in [-0.39, 0.29) is 37.0 Å². The molecule has 1 aromatic rings. The van der Waals surface area contributed by atoms with Crippen molar-refractivity contribution in [3.8, 4) is 0 Å². The van der Waals surface area contributed by atoms with Crippen LogP contribution in [0.1, 0.15) is 31.2 Å². The molecular weight excluding hydrogens is 384 g/mol. The average molecular weight is 417 g/mol. The number of carbonyl (C=O) groups is 3. The van der Waals surface area contributed by atoms with E-state index in [0.717, 1.165) is 30.7 Å². The van der Waals surface area contributed by atoms with Crippen molar-refractivity contribution in [3.63, 3.8) is 0 Å². The van der Waals surface area contributed by atoms with Gasteiger partial charge in [-0.2, -0.15) is 0 Å². The summed E-state index contributed by atoms with van der Waals surface area (Å²) in [6.07, 6.45) is 2.82. The molecule has 0 bridgehead atoms. The molecular formula is C22H32N4O4. The summed E-state index contributed by atoms with van der Waals surface area (Å²) in [4.78, 5) is 43.4. The van der Waals surface area contributed by atoms with Crippen LogP contribution in [0.25, 0.3) is 0 Å². The Bertz CT molecular complexity index is 759. The van der Waals surface area contributed by atoms with E-state index in [2.05, 4.69) is 0 Å². The van der Waals surface area contributed by atoms with Crippen molar-refractivity contribution in [2.45, 2.75) is 38.3 Å². The van der Waals surface area contributed by atoms with E-state index in [9.17, 15) is 14.4 Å². The molecule has 0 radical (unpaired) electrons. The molecule has 0 spiro atoms. The quantitative estimate of drug-likeness (QED) is 0.575. The van der Waals surface area contributed by atoms with Gasteiger partial charge in [0, 0.05) is 59.5 Å². The van der Waals surface area contributed by atoms with Crippen molar-refractivity contribution in [1.29, 1.82) is 0 Å². The standard InChI is InChI=1S/C22H32N4O4/c1-23(2)18-10-8-17(9-11-18)14-25(15-19-6-5-13-30-19)20(27)7-4-12-26-21(28)16-24(3)22(26)29/h8-11,19H,4-7,12-16H2,1-3H3. The maximum absolute atomic E-state index is 13.0. The van der Waals surface area contributed by atoms with Gasteiger partial charge in [-0.25, -0.2) is 4.79 Å². The fourth-order valence-electron chi connectivity index (χ4n) is 3.84. The predicted molar refractivity (Wildman–Crippen MR) is 114 cm³/mol. The Morgan fingerprint density at radius 2 is 1.93 bits per heavy atom. The number of imide groups is 1. The molecule has 3 rings (SSSR count). The first kappa shape index (κ1) is 22.1. The number of nitrogens with zero attached hydrogens (tertiary/aromatic N) is 4. The van der Waals surface area contributed by atoms with Crippen LogP contribution in [0, 0.1) is 0 Å². The van der Waals surface area contributed by atoms with Gasteiger partial charge in [0.1, 0.15) is 6.54 Å². The third kappa shape index (κ3) is 5.50. The minimum absolute atomic E-state index is 0.0228. The minimum atomic E-state index is -0.287. The van der Waals surface area contributed by atoms with Gasteiger partial charge in [-0.15, -0.1) is 0 Å². The lowest BCUT2D eigenvalue weighted by Crippen LogP contribution is -2.38. The molecule has 8 heteroatoms. The summed E-state index contributed by atoms with van der Waals surface area (Å²) in [7, 11) is 5.60. The molecule has 164 valence electrons. The van der Waals surface area contributed by atoms with Crippen molar-refractivity contribution < 1.29 is 19.1 Å². The van der Waals surface area contributed by atoms with Crippen LogP contribution in [0.4, 0.5) is 10.5 Å². The van der Waals surface area contributed by atoms with Crippen molar-refractivity contribution >= 4 is 23.5 Å². The molecule has 2 saturated heterocycles.